The van der Waals surface area contributed by atoms with E-state index >= 15 is 0 Å². The van der Waals surface area contributed by atoms with Crippen LogP contribution in [0.25, 0.3) is 0 Å². The van der Waals surface area contributed by atoms with Gasteiger partial charge in [0.05, 0.1) is 6.61 Å². The third kappa shape index (κ3) is 3.45. The molecule has 0 amide bonds. The van der Waals surface area contributed by atoms with E-state index in [1.165, 1.54) is 6.42 Å². The zero-order valence-electron chi connectivity index (χ0n) is 8.58. The van der Waals surface area contributed by atoms with Crippen molar-refractivity contribution >= 4 is 11.6 Å². The van der Waals surface area contributed by atoms with E-state index in [2.05, 4.69) is 10.3 Å². The van der Waals surface area contributed by atoms with Crippen LogP contribution in [0.2, 0.25) is 5.15 Å². The number of ether oxygens (including phenoxy) is 1. The molecule has 1 aromatic heterocycles. The first-order chi connectivity index (χ1) is 7.34. The van der Waals surface area contributed by atoms with Crippen LogP contribution in [0.5, 0.6) is 0 Å². The molecular formula is C11H15ClN2O. The highest BCUT2D eigenvalue weighted by Crippen LogP contribution is 2.08. The summed E-state index contributed by atoms with van der Waals surface area (Å²) >= 11 is 5.71. The van der Waals surface area contributed by atoms with E-state index < -0.39 is 0 Å². The maximum atomic E-state index is 5.71. The summed E-state index contributed by atoms with van der Waals surface area (Å²) in [5, 5.41) is 3.99. The van der Waals surface area contributed by atoms with Crippen LogP contribution in [0, 0.1) is 0 Å². The van der Waals surface area contributed by atoms with Crippen LogP contribution < -0.4 is 5.32 Å². The molecule has 0 radical (unpaired) electrons. The molecule has 1 atom stereocenters. The summed E-state index contributed by atoms with van der Waals surface area (Å²) < 4.78 is 5.39. The highest BCUT2D eigenvalue weighted by Gasteiger charge is 2.12. The van der Waals surface area contributed by atoms with Crippen LogP contribution in [0.1, 0.15) is 18.4 Å². The molecule has 0 aliphatic carbocycles. The number of halogens is 1. The van der Waals surface area contributed by atoms with Gasteiger partial charge in [-0.25, -0.2) is 4.98 Å². The van der Waals surface area contributed by atoms with Crippen LogP contribution in [0.15, 0.2) is 18.3 Å². The highest BCUT2D eigenvalue weighted by atomic mass is 35.5. The van der Waals surface area contributed by atoms with Crippen LogP contribution in [-0.4, -0.2) is 24.2 Å². The van der Waals surface area contributed by atoms with E-state index in [0.29, 0.717) is 11.2 Å². The maximum absolute atomic E-state index is 5.71. The number of nitrogens with zero attached hydrogens (tertiary/aromatic N) is 1. The van der Waals surface area contributed by atoms with Crippen LogP contribution in [-0.2, 0) is 11.3 Å². The van der Waals surface area contributed by atoms with Crippen molar-refractivity contribution in [1.29, 1.82) is 0 Å². The Hall–Kier alpha value is -0.640. The largest absolute Gasteiger partial charge is 0.380 e. The standard InChI is InChI=1S/C11H15ClN2O/c12-11-4-3-9(7-14-11)6-13-10-2-1-5-15-8-10/h3-4,7,10,13H,1-2,5-6,8H2. The van der Waals surface area contributed by atoms with Gasteiger partial charge in [-0.2, -0.15) is 0 Å². The normalized spacial score (nSPS) is 21.5. The Labute approximate surface area is 94.8 Å². The summed E-state index contributed by atoms with van der Waals surface area (Å²) in [5.41, 5.74) is 1.16. The molecule has 3 nitrogen and oxygen atoms in total. The monoisotopic (exact) mass is 226 g/mol. The lowest BCUT2D eigenvalue weighted by atomic mass is 10.1. The fourth-order valence-corrected chi connectivity index (χ4v) is 1.79. The highest BCUT2D eigenvalue weighted by molar-refractivity contribution is 6.29. The summed E-state index contributed by atoms with van der Waals surface area (Å²) in [5.74, 6) is 0. The van der Waals surface area contributed by atoms with Crippen LogP contribution >= 0.6 is 11.6 Å². The van der Waals surface area contributed by atoms with Gasteiger partial charge in [0.2, 0.25) is 0 Å². The summed E-state index contributed by atoms with van der Waals surface area (Å²) in [4.78, 5) is 4.04. The fraction of sp³-hybridized carbons (Fsp3) is 0.545. The van der Waals surface area contributed by atoms with Gasteiger partial charge in [-0.15, -0.1) is 0 Å². The molecule has 4 heteroatoms. The molecule has 0 saturated carbocycles. The third-order valence-corrected chi connectivity index (χ3v) is 2.77. The Balaban J connectivity index is 1.79. The molecule has 2 rings (SSSR count). The van der Waals surface area contributed by atoms with Crippen molar-refractivity contribution in [3.63, 3.8) is 0 Å². The number of hydrogen-bond donors (Lipinski definition) is 1. The smallest absolute Gasteiger partial charge is 0.129 e. The summed E-state index contributed by atoms with van der Waals surface area (Å²) in [7, 11) is 0. The van der Waals surface area contributed by atoms with E-state index in [9.17, 15) is 0 Å². The average Bonchev–Trinajstić information content (AvgIpc) is 2.30. The Morgan fingerprint density at radius 1 is 1.53 bits per heavy atom. The first kappa shape index (κ1) is 10.9. The predicted octanol–water partition coefficient (Wildman–Crippen LogP) is 2.00. The zero-order chi connectivity index (χ0) is 10.5. The van der Waals surface area contributed by atoms with E-state index in [4.69, 9.17) is 16.3 Å². The molecule has 1 aliphatic rings. The lowest BCUT2D eigenvalue weighted by molar-refractivity contribution is 0.0699. The van der Waals surface area contributed by atoms with Crippen molar-refractivity contribution in [2.75, 3.05) is 13.2 Å². The van der Waals surface area contributed by atoms with E-state index in [-0.39, 0.29) is 0 Å². The topological polar surface area (TPSA) is 34.1 Å². The average molecular weight is 227 g/mol. The second kappa shape index (κ2) is 5.45. The molecule has 15 heavy (non-hydrogen) atoms. The van der Waals surface area contributed by atoms with Crippen molar-refractivity contribution in [2.24, 2.45) is 0 Å². The first-order valence-corrected chi connectivity index (χ1v) is 5.64. The number of rotatable bonds is 3. The molecule has 1 aromatic rings. The second-order valence-electron chi connectivity index (χ2n) is 3.78. The molecule has 0 bridgehead atoms. The van der Waals surface area contributed by atoms with Gasteiger partial charge in [-0.05, 0) is 24.5 Å². The predicted molar refractivity (Wildman–Crippen MR) is 59.9 cm³/mol. The molecule has 1 N–H and O–H groups in total. The van der Waals surface area contributed by atoms with Crippen molar-refractivity contribution < 1.29 is 4.74 Å². The van der Waals surface area contributed by atoms with Gasteiger partial charge in [0.1, 0.15) is 5.15 Å². The van der Waals surface area contributed by atoms with Crippen molar-refractivity contribution in [2.45, 2.75) is 25.4 Å². The number of nitrogens with one attached hydrogen (secondary N) is 1. The quantitative estimate of drug-likeness (QED) is 0.801. The lowest BCUT2D eigenvalue weighted by Crippen LogP contribution is -2.36. The zero-order valence-corrected chi connectivity index (χ0v) is 9.33. The number of hydrogen-bond acceptors (Lipinski definition) is 3. The van der Waals surface area contributed by atoms with E-state index in [1.54, 1.807) is 6.20 Å². The summed E-state index contributed by atoms with van der Waals surface area (Å²) in [6.45, 7) is 2.56. The van der Waals surface area contributed by atoms with E-state index in [1.807, 2.05) is 12.1 Å². The SMILES string of the molecule is Clc1ccc(CNC2CCCOC2)cn1. The van der Waals surface area contributed by atoms with Gasteiger partial charge in [0.15, 0.2) is 0 Å². The summed E-state index contributed by atoms with van der Waals surface area (Å²) in [6.07, 6.45) is 4.15. The van der Waals surface area contributed by atoms with Crippen LogP contribution in [0.4, 0.5) is 0 Å². The van der Waals surface area contributed by atoms with Gasteiger partial charge in [-0.1, -0.05) is 17.7 Å². The van der Waals surface area contributed by atoms with Gasteiger partial charge < -0.3 is 10.1 Å². The fourth-order valence-electron chi connectivity index (χ4n) is 1.67. The molecule has 0 aromatic carbocycles. The minimum Gasteiger partial charge on any atom is -0.380 e. The minimum absolute atomic E-state index is 0.481. The Morgan fingerprint density at radius 3 is 3.13 bits per heavy atom. The van der Waals surface area contributed by atoms with Gasteiger partial charge in [-0.3, -0.25) is 0 Å². The number of aromatic nitrogens is 1. The van der Waals surface area contributed by atoms with Crippen molar-refractivity contribution in [1.82, 2.24) is 10.3 Å². The number of pyridine rings is 1. The molecule has 0 spiro atoms. The minimum atomic E-state index is 0.481. The molecule has 2 heterocycles. The van der Waals surface area contributed by atoms with Gasteiger partial charge in [0.25, 0.3) is 0 Å². The molecule has 1 unspecified atom stereocenters. The van der Waals surface area contributed by atoms with Crippen molar-refractivity contribution in [3.05, 3.63) is 29.0 Å². The maximum Gasteiger partial charge on any atom is 0.129 e. The Morgan fingerprint density at radius 2 is 2.47 bits per heavy atom. The third-order valence-electron chi connectivity index (χ3n) is 2.54. The molecule has 1 aliphatic heterocycles. The van der Waals surface area contributed by atoms with E-state index in [0.717, 1.165) is 31.7 Å². The van der Waals surface area contributed by atoms with Gasteiger partial charge >= 0.3 is 0 Å². The lowest BCUT2D eigenvalue weighted by Gasteiger charge is -2.23. The molecular weight excluding hydrogens is 212 g/mol. The molecule has 1 saturated heterocycles. The molecule has 1 fully saturated rings. The summed E-state index contributed by atoms with van der Waals surface area (Å²) in [6, 6.07) is 4.29. The van der Waals surface area contributed by atoms with Gasteiger partial charge in [0, 0.05) is 25.4 Å². The second-order valence-corrected chi connectivity index (χ2v) is 4.17. The Kier molecular flexibility index (Phi) is 3.94. The Bertz CT molecular complexity index is 296. The van der Waals surface area contributed by atoms with Crippen molar-refractivity contribution in [3.8, 4) is 0 Å². The van der Waals surface area contributed by atoms with Crippen LogP contribution in [0.3, 0.4) is 0 Å². The first-order valence-electron chi connectivity index (χ1n) is 5.26. The molecule has 82 valence electrons.